The van der Waals surface area contributed by atoms with Gasteiger partial charge in [-0.2, -0.15) is 0 Å². The lowest BCUT2D eigenvalue weighted by Crippen LogP contribution is -2.32. The summed E-state index contributed by atoms with van der Waals surface area (Å²) in [4.78, 5) is 14.6. The van der Waals surface area contributed by atoms with Crippen LogP contribution in [0.3, 0.4) is 0 Å². The molecular weight excluding hydrogens is 322 g/mol. The molecule has 0 aliphatic carbocycles. The van der Waals surface area contributed by atoms with Gasteiger partial charge in [-0.15, -0.1) is 0 Å². The lowest BCUT2D eigenvalue weighted by Gasteiger charge is -2.32. The van der Waals surface area contributed by atoms with Crippen molar-refractivity contribution in [2.24, 2.45) is 5.92 Å². The zero-order valence-corrected chi connectivity index (χ0v) is 15.8. The molecule has 0 atom stereocenters. The molecule has 4 nitrogen and oxygen atoms in total. The fourth-order valence-corrected chi connectivity index (χ4v) is 3.33. The SMILES string of the molecule is Cc1ccccc1NCCC(=O)Nc1ccc(N2CCC(C)CC2)cc1. The van der Waals surface area contributed by atoms with Crippen LogP contribution in [0.15, 0.2) is 48.5 Å². The number of aryl methyl sites for hydroxylation is 1. The number of para-hydroxylation sites is 1. The molecule has 1 aliphatic rings. The molecule has 0 unspecified atom stereocenters. The summed E-state index contributed by atoms with van der Waals surface area (Å²) in [6.45, 7) is 7.26. The van der Waals surface area contributed by atoms with Crippen LogP contribution in [-0.4, -0.2) is 25.5 Å². The lowest BCUT2D eigenvalue weighted by atomic mass is 9.99. The van der Waals surface area contributed by atoms with Gasteiger partial charge in [-0.25, -0.2) is 0 Å². The van der Waals surface area contributed by atoms with Crippen molar-refractivity contribution in [1.82, 2.24) is 0 Å². The van der Waals surface area contributed by atoms with Crippen molar-refractivity contribution in [3.63, 3.8) is 0 Å². The van der Waals surface area contributed by atoms with E-state index < -0.39 is 0 Å². The molecule has 4 heteroatoms. The monoisotopic (exact) mass is 351 g/mol. The Hall–Kier alpha value is -2.49. The van der Waals surface area contributed by atoms with Gasteiger partial charge in [-0.05, 0) is 61.6 Å². The Labute approximate surface area is 156 Å². The molecule has 1 heterocycles. The van der Waals surface area contributed by atoms with E-state index in [0.29, 0.717) is 13.0 Å². The number of rotatable bonds is 6. The van der Waals surface area contributed by atoms with Gasteiger partial charge in [0.2, 0.25) is 5.91 Å². The zero-order chi connectivity index (χ0) is 18.4. The Morgan fingerprint density at radius 2 is 1.77 bits per heavy atom. The minimum atomic E-state index is 0.0330. The number of nitrogens with one attached hydrogen (secondary N) is 2. The van der Waals surface area contributed by atoms with Gasteiger partial charge in [0.15, 0.2) is 0 Å². The van der Waals surface area contributed by atoms with Gasteiger partial charge in [0.1, 0.15) is 0 Å². The third-order valence-corrected chi connectivity index (χ3v) is 5.11. The maximum Gasteiger partial charge on any atom is 0.226 e. The first-order chi connectivity index (χ1) is 12.6. The van der Waals surface area contributed by atoms with Crippen molar-refractivity contribution in [2.45, 2.75) is 33.1 Å². The molecule has 0 spiro atoms. The average Bonchev–Trinajstić information content (AvgIpc) is 2.65. The Morgan fingerprint density at radius 3 is 2.46 bits per heavy atom. The van der Waals surface area contributed by atoms with Crippen molar-refractivity contribution < 1.29 is 4.79 Å². The number of benzene rings is 2. The van der Waals surface area contributed by atoms with Gasteiger partial charge in [-0.3, -0.25) is 4.79 Å². The second kappa shape index (κ2) is 8.75. The minimum Gasteiger partial charge on any atom is -0.384 e. The van der Waals surface area contributed by atoms with E-state index >= 15 is 0 Å². The van der Waals surface area contributed by atoms with E-state index in [1.165, 1.54) is 24.1 Å². The Morgan fingerprint density at radius 1 is 1.08 bits per heavy atom. The molecule has 2 aromatic carbocycles. The molecule has 26 heavy (non-hydrogen) atoms. The molecule has 0 aromatic heterocycles. The van der Waals surface area contributed by atoms with E-state index in [-0.39, 0.29) is 5.91 Å². The first-order valence-electron chi connectivity index (χ1n) is 9.56. The molecule has 1 fully saturated rings. The molecule has 2 N–H and O–H groups in total. The third kappa shape index (κ3) is 5.01. The summed E-state index contributed by atoms with van der Waals surface area (Å²) in [5.74, 6) is 0.865. The molecule has 138 valence electrons. The lowest BCUT2D eigenvalue weighted by molar-refractivity contribution is -0.115. The van der Waals surface area contributed by atoms with Crippen LogP contribution in [0.25, 0.3) is 0 Å². The summed E-state index contributed by atoms with van der Waals surface area (Å²) >= 11 is 0. The quantitative estimate of drug-likeness (QED) is 0.795. The van der Waals surface area contributed by atoms with Crippen molar-refractivity contribution in [3.8, 4) is 0 Å². The maximum atomic E-state index is 12.1. The number of piperidine rings is 1. The minimum absolute atomic E-state index is 0.0330. The van der Waals surface area contributed by atoms with Crippen LogP contribution in [0.1, 0.15) is 31.7 Å². The van der Waals surface area contributed by atoms with Gasteiger partial charge in [0.25, 0.3) is 0 Å². The van der Waals surface area contributed by atoms with Crippen LogP contribution in [0.4, 0.5) is 17.1 Å². The predicted octanol–water partition coefficient (Wildman–Crippen LogP) is 4.67. The Kier molecular flexibility index (Phi) is 6.16. The summed E-state index contributed by atoms with van der Waals surface area (Å²) in [6, 6.07) is 16.3. The molecule has 0 saturated carbocycles. The number of amides is 1. The van der Waals surface area contributed by atoms with Crippen molar-refractivity contribution in [3.05, 3.63) is 54.1 Å². The van der Waals surface area contributed by atoms with E-state index in [2.05, 4.69) is 47.6 Å². The summed E-state index contributed by atoms with van der Waals surface area (Å²) in [5.41, 5.74) is 4.38. The number of carbonyl (C=O) groups excluding carboxylic acids is 1. The van der Waals surface area contributed by atoms with Crippen LogP contribution in [0.2, 0.25) is 0 Å². The molecule has 0 radical (unpaired) electrons. The Balaban J connectivity index is 1.45. The second-order valence-electron chi connectivity index (χ2n) is 7.26. The topological polar surface area (TPSA) is 44.4 Å². The summed E-state index contributed by atoms with van der Waals surface area (Å²) in [6.07, 6.45) is 2.96. The highest BCUT2D eigenvalue weighted by atomic mass is 16.1. The third-order valence-electron chi connectivity index (χ3n) is 5.11. The first-order valence-corrected chi connectivity index (χ1v) is 9.56. The molecular formula is C22H29N3O. The average molecular weight is 351 g/mol. The van der Waals surface area contributed by atoms with Crippen LogP contribution in [-0.2, 0) is 4.79 Å². The maximum absolute atomic E-state index is 12.1. The van der Waals surface area contributed by atoms with E-state index in [1.807, 2.05) is 30.3 Å². The second-order valence-corrected chi connectivity index (χ2v) is 7.26. The fraction of sp³-hybridized carbons (Fsp3) is 0.409. The molecule has 1 saturated heterocycles. The van der Waals surface area contributed by atoms with Crippen molar-refractivity contribution >= 4 is 23.0 Å². The van der Waals surface area contributed by atoms with E-state index in [1.54, 1.807) is 0 Å². The molecule has 0 bridgehead atoms. The van der Waals surface area contributed by atoms with Gasteiger partial charge in [-0.1, -0.05) is 25.1 Å². The van der Waals surface area contributed by atoms with Crippen LogP contribution >= 0.6 is 0 Å². The summed E-state index contributed by atoms with van der Waals surface area (Å²) in [5, 5.41) is 6.30. The molecule has 2 aromatic rings. The molecule has 1 amide bonds. The number of hydrogen-bond donors (Lipinski definition) is 2. The predicted molar refractivity (Wildman–Crippen MR) is 110 cm³/mol. The highest BCUT2D eigenvalue weighted by Crippen LogP contribution is 2.24. The number of hydrogen-bond acceptors (Lipinski definition) is 3. The van der Waals surface area contributed by atoms with Crippen molar-refractivity contribution in [1.29, 1.82) is 0 Å². The smallest absolute Gasteiger partial charge is 0.226 e. The summed E-state index contributed by atoms with van der Waals surface area (Å²) in [7, 11) is 0. The van der Waals surface area contributed by atoms with Crippen LogP contribution in [0, 0.1) is 12.8 Å². The fourth-order valence-electron chi connectivity index (χ4n) is 3.33. The number of carbonyl (C=O) groups is 1. The van der Waals surface area contributed by atoms with Crippen LogP contribution in [0.5, 0.6) is 0 Å². The van der Waals surface area contributed by atoms with Crippen molar-refractivity contribution in [2.75, 3.05) is 35.2 Å². The van der Waals surface area contributed by atoms with Crippen LogP contribution < -0.4 is 15.5 Å². The largest absolute Gasteiger partial charge is 0.384 e. The normalized spacial score (nSPS) is 14.9. The Bertz CT molecular complexity index is 718. The number of anilines is 3. The van der Waals surface area contributed by atoms with Gasteiger partial charge in [0.05, 0.1) is 0 Å². The highest BCUT2D eigenvalue weighted by Gasteiger charge is 2.15. The summed E-state index contributed by atoms with van der Waals surface area (Å²) < 4.78 is 0. The number of nitrogens with zero attached hydrogens (tertiary/aromatic N) is 1. The van der Waals surface area contributed by atoms with Gasteiger partial charge in [0, 0.05) is 43.1 Å². The first kappa shape index (κ1) is 18.3. The van der Waals surface area contributed by atoms with E-state index in [4.69, 9.17) is 0 Å². The molecule has 3 rings (SSSR count). The highest BCUT2D eigenvalue weighted by molar-refractivity contribution is 5.91. The van der Waals surface area contributed by atoms with Gasteiger partial charge < -0.3 is 15.5 Å². The zero-order valence-electron chi connectivity index (χ0n) is 15.8. The molecule has 1 aliphatic heterocycles. The standard InChI is InChI=1S/C22H29N3O/c1-17-12-15-25(16-13-17)20-9-7-19(8-10-20)24-22(26)11-14-23-21-6-4-3-5-18(21)2/h3-10,17,23H,11-16H2,1-2H3,(H,24,26). The van der Waals surface area contributed by atoms with Gasteiger partial charge >= 0.3 is 0 Å². The van der Waals surface area contributed by atoms with E-state index in [9.17, 15) is 4.79 Å². The van der Waals surface area contributed by atoms with E-state index in [0.717, 1.165) is 30.4 Å².